The topological polar surface area (TPSA) is 86.3 Å². The maximum atomic E-state index is 11.1. The van der Waals surface area contributed by atoms with E-state index in [0.29, 0.717) is 21.9 Å². The van der Waals surface area contributed by atoms with Crippen molar-refractivity contribution in [3.63, 3.8) is 0 Å². The molecule has 5 atom stereocenters. The van der Waals surface area contributed by atoms with Gasteiger partial charge in [-0.05, 0) is 31.1 Å². The highest BCUT2D eigenvalue weighted by atomic mass is 79.9. The van der Waals surface area contributed by atoms with E-state index in [-0.39, 0.29) is 11.4 Å². The van der Waals surface area contributed by atoms with Crippen LogP contribution in [0.4, 0.5) is 0 Å². The van der Waals surface area contributed by atoms with Crippen LogP contribution in [0.1, 0.15) is 19.3 Å². The van der Waals surface area contributed by atoms with Crippen LogP contribution in [-0.2, 0) is 0 Å². The molecule has 0 aromatic carbocycles. The van der Waals surface area contributed by atoms with Gasteiger partial charge in [-0.1, -0.05) is 22.0 Å². The van der Waals surface area contributed by atoms with E-state index in [2.05, 4.69) is 15.9 Å². The summed E-state index contributed by atoms with van der Waals surface area (Å²) in [5.41, 5.74) is -0.649. The average Bonchev–Trinajstić information content (AvgIpc) is 3.06. The first-order valence-electron chi connectivity index (χ1n) is 6.49. The molecule has 2 fully saturated rings. The number of allylic oxidation sites excluding steroid dienone is 1. The molecule has 2 bridgehead atoms. The fourth-order valence-corrected chi connectivity index (χ4v) is 6.46. The molecule has 0 heterocycles. The number of nitrogens with zero attached hydrogens (tertiary/aromatic N) is 2. The van der Waals surface area contributed by atoms with Gasteiger partial charge in [0.1, 0.15) is 5.25 Å². The lowest BCUT2D eigenvalue weighted by molar-refractivity contribution is -0.466. The second kappa shape index (κ2) is 5.14. The predicted molar refractivity (Wildman–Crippen MR) is 78.9 cm³/mol. The fraction of sp³-hybridized carbons (Fsp3) is 0.667. The third-order valence-electron chi connectivity index (χ3n) is 4.40. The van der Waals surface area contributed by atoms with E-state index in [4.69, 9.17) is 0 Å². The summed E-state index contributed by atoms with van der Waals surface area (Å²) in [5, 5.41) is 21.8. The second-order valence-electron chi connectivity index (χ2n) is 5.44. The van der Waals surface area contributed by atoms with E-state index in [1.165, 1.54) is 37.1 Å². The zero-order valence-electron chi connectivity index (χ0n) is 10.5. The molecule has 0 aromatic rings. The zero-order chi connectivity index (χ0) is 14.4. The molecule has 0 aromatic heterocycles. The van der Waals surface area contributed by atoms with Crippen LogP contribution >= 0.6 is 27.7 Å². The van der Waals surface area contributed by atoms with Gasteiger partial charge in [0.15, 0.2) is 0 Å². The van der Waals surface area contributed by atoms with Crippen molar-refractivity contribution in [2.45, 2.75) is 34.6 Å². The predicted octanol–water partition coefficient (Wildman–Crippen LogP) is 2.99. The van der Waals surface area contributed by atoms with Gasteiger partial charge in [0.05, 0.1) is 9.85 Å². The Bertz CT molecular complexity index is 534. The van der Waals surface area contributed by atoms with Gasteiger partial charge in [-0.2, -0.15) is 0 Å². The van der Waals surface area contributed by atoms with Crippen LogP contribution < -0.4 is 0 Å². The molecule has 3 aliphatic carbocycles. The normalized spacial score (nSPS) is 38.8. The molecular formula is C12H13BrN2O4S. The molecule has 0 N–H and O–H groups in total. The minimum absolute atomic E-state index is 0.275. The third kappa shape index (κ3) is 2.18. The molecule has 0 saturated heterocycles. The highest BCUT2D eigenvalue weighted by Crippen LogP contribution is 2.54. The molecule has 3 rings (SSSR count). The maximum absolute atomic E-state index is 11.1. The molecule has 6 nitrogen and oxygen atoms in total. The van der Waals surface area contributed by atoms with Crippen molar-refractivity contribution in [1.82, 2.24) is 0 Å². The Kier molecular flexibility index (Phi) is 3.62. The molecule has 8 heteroatoms. The fourth-order valence-electron chi connectivity index (χ4n) is 3.49. The van der Waals surface area contributed by atoms with Crippen LogP contribution in [0.3, 0.4) is 0 Å². The number of rotatable bonds is 4. The second-order valence-corrected chi connectivity index (χ2v) is 7.82. The van der Waals surface area contributed by atoms with Crippen molar-refractivity contribution in [3.8, 4) is 0 Å². The van der Waals surface area contributed by atoms with Crippen LogP contribution in [0.15, 0.2) is 23.5 Å². The summed E-state index contributed by atoms with van der Waals surface area (Å²) in [6.45, 7) is 0. The number of thioether (sulfide) groups is 1. The summed E-state index contributed by atoms with van der Waals surface area (Å²) in [6.07, 6.45) is 6.42. The smallest absolute Gasteiger partial charge is 0.258 e. The minimum atomic E-state index is -0.665. The zero-order valence-corrected chi connectivity index (χ0v) is 12.9. The summed E-state index contributed by atoms with van der Waals surface area (Å²) >= 11 is 5.21. The van der Waals surface area contributed by atoms with Crippen molar-refractivity contribution >= 4 is 27.7 Å². The van der Waals surface area contributed by atoms with Crippen molar-refractivity contribution in [2.75, 3.05) is 0 Å². The van der Waals surface area contributed by atoms with E-state index < -0.39 is 15.1 Å². The Morgan fingerprint density at radius 2 is 1.90 bits per heavy atom. The quantitative estimate of drug-likeness (QED) is 0.437. The Labute approximate surface area is 128 Å². The Balaban J connectivity index is 1.80. The van der Waals surface area contributed by atoms with Crippen LogP contribution in [0.5, 0.6) is 0 Å². The molecule has 0 spiro atoms. The molecule has 3 aliphatic rings. The minimum Gasteiger partial charge on any atom is -0.258 e. The van der Waals surface area contributed by atoms with Gasteiger partial charge in [-0.25, -0.2) is 0 Å². The summed E-state index contributed by atoms with van der Waals surface area (Å²) in [4.78, 5) is 21.1. The first kappa shape index (κ1) is 14.1. The number of alkyl halides is 1. The number of hydrogen-bond acceptors (Lipinski definition) is 5. The first-order valence-corrected chi connectivity index (χ1v) is 8.35. The van der Waals surface area contributed by atoms with Gasteiger partial charge in [0.25, 0.3) is 0 Å². The molecule has 0 radical (unpaired) electrons. The van der Waals surface area contributed by atoms with Gasteiger partial charge in [0, 0.05) is 16.2 Å². The number of fused-ring (bicyclic) bond motifs is 2. The lowest BCUT2D eigenvalue weighted by atomic mass is 10.0. The molecule has 0 unspecified atom stereocenters. The van der Waals surface area contributed by atoms with Crippen molar-refractivity contribution < 1.29 is 9.85 Å². The molecule has 108 valence electrons. The van der Waals surface area contributed by atoms with Crippen LogP contribution in [0.25, 0.3) is 0 Å². The van der Waals surface area contributed by atoms with Crippen molar-refractivity contribution in [3.05, 3.63) is 43.8 Å². The Hall–Kier alpha value is -0.890. The van der Waals surface area contributed by atoms with E-state index >= 15 is 0 Å². The number of halogens is 1. The Morgan fingerprint density at radius 3 is 2.45 bits per heavy atom. The van der Waals surface area contributed by atoms with Gasteiger partial charge < -0.3 is 0 Å². The SMILES string of the molecule is O=[N+]([O-])C1=C([N+](=O)[O-])[C@H](S[C@H]2[C@@H]3CC[C@@H](C3)[C@H]2Br)C=C1. The van der Waals surface area contributed by atoms with E-state index in [9.17, 15) is 20.2 Å². The Morgan fingerprint density at radius 1 is 1.20 bits per heavy atom. The maximum Gasteiger partial charge on any atom is 0.342 e. The van der Waals surface area contributed by atoms with Crippen LogP contribution in [0, 0.1) is 32.1 Å². The molecule has 2 saturated carbocycles. The van der Waals surface area contributed by atoms with Gasteiger partial charge in [0.2, 0.25) is 0 Å². The first-order chi connectivity index (χ1) is 9.49. The summed E-state index contributed by atoms with van der Waals surface area (Å²) in [7, 11) is 0. The highest BCUT2D eigenvalue weighted by molar-refractivity contribution is 9.09. The van der Waals surface area contributed by atoms with Gasteiger partial charge in [-0.15, -0.1) is 11.8 Å². The summed E-state index contributed by atoms with van der Waals surface area (Å²) in [5.74, 6) is 1.23. The van der Waals surface area contributed by atoms with E-state index in [1.54, 1.807) is 6.08 Å². The van der Waals surface area contributed by atoms with Crippen molar-refractivity contribution in [1.29, 1.82) is 0 Å². The van der Waals surface area contributed by atoms with Crippen LogP contribution in [-0.4, -0.2) is 25.2 Å². The molecular weight excluding hydrogens is 348 g/mol. The third-order valence-corrected chi connectivity index (χ3v) is 7.73. The number of hydrogen-bond donors (Lipinski definition) is 0. The van der Waals surface area contributed by atoms with Gasteiger partial charge >= 0.3 is 11.4 Å². The van der Waals surface area contributed by atoms with E-state index in [0.717, 1.165) is 0 Å². The lowest BCUT2D eigenvalue weighted by Crippen LogP contribution is -2.28. The van der Waals surface area contributed by atoms with Gasteiger partial charge in [-0.3, -0.25) is 20.2 Å². The largest absolute Gasteiger partial charge is 0.342 e. The van der Waals surface area contributed by atoms with Crippen molar-refractivity contribution in [2.24, 2.45) is 11.8 Å². The number of nitro groups is 2. The lowest BCUT2D eigenvalue weighted by Gasteiger charge is -2.27. The summed E-state index contributed by atoms with van der Waals surface area (Å²) < 4.78 is 0. The summed E-state index contributed by atoms with van der Waals surface area (Å²) in [6, 6.07) is 0. The standard InChI is InChI=1S/C12H13BrN2O4S/c13-10-6-1-2-7(5-6)12(10)20-9-4-3-8(14(16)17)11(9)15(18)19/h3-4,6-7,9-10,12H,1-2,5H2/t6-,7+,9+,10+,12-/m0/s1. The van der Waals surface area contributed by atoms with Crippen LogP contribution in [0.2, 0.25) is 0 Å². The monoisotopic (exact) mass is 360 g/mol. The van der Waals surface area contributed by atoms with E-state index in [1.807, 2.05) is 0 Å². The average molecular weight is 361 g/mol. The molecule has 20 heavy (non-hydrogen) atoms. The molecule has 0 aliphatic heterocycles. The highest BCUT2D eigenvalue weighted by Gasteiger charge is 2.49. The molecule has 0 amide bonds.